The Hall–Kier alpha value is -0.800. The zero-order valence-electron chi connectivity index (χ0n) is 11.6. The zero-order chi connectivity index (χ0) is 13.8. The smallest absolute Gasteiger partial charge is 0.124 e. The fourth-order valence-electron chi connectivity index (χ4n) is 1.39. The van der Waals surface area contributed by atoms with Gasteiger partial charge in [-0.1, -0.05) is 22.5 Å². The lowest BCUT2D eigenvalue weighted by molar-refractivity contribution is 0.343. The van der Waals surface area contributed by atoms with Crippen LogP contribution < -0.4 is 10.1 Å². The predicted molar refractivity (Wildman–Crippen MR) is 81.0 cm³/mol. The van der Waals surface area contributed by atoms with Crippen LogP contribution in [0.2, 0.25) is 0 Å². The van der Waals surface area contributed by atoms with Crippen LogP contribution in [-0.2, 0) is 6.54 Å². The van der Waals surface area contributed by atoms with Gasteiger partial charge in [0.15, 0.2) is 0 Å². The van der Waals surface area contributed by atoms with Gasteiger partial charge in [0.1, 0.15) is 12.4 Å². The van der Waals surface area contributed by atoms with Crippen LogP contribution in [0.15, 0.2) is 34.8 Å². The van der Waals surface area contributed by atoms with Crippen molar-refractivity contribution in [2.75, 3.05) is 6.61 Å². The molecule has 0 aliphatic heterocycles. The summed E-state index contributed by atoms with van der Waals surface area (Å²) < 4.78 is 6.82. The van der Waals surface area contributed by atoms with E-state index in [0.29, 0.717) is 6.61 Å². The van der Waals surface area contributed by atoms with Crippen LogP contribution in [-0.4, -0.2) is 12.1 Å². The van der Waals surface area contributed by atoms with Gasteiger partial charge in [0.05, 0.1) is 0 Å². The van der Waals surface area contributed by atoms with Gasteiger partial charge in [-0.05, 0) is 51.5 Å². The van der Waals surface area contributed by atoms with Crippen molar-refractivity contribution < 1.29 is 4.74 Å². The average molecular weight is 312 g/mol. The Bertz CT molecular complexity index is 421. The Labute approximate surface area is 119 Å². The van der Waals surface area contributed by atoms with Crippen molar-refractivity contribution in [1.29, 1.82) is 0 Å². The molecule has 1 N–H and O–H groups in total. The van der Waals surface area contributed by atoms with E-state index < -0.39 is 0 Å². The van der Waals surface area contributed by atoms with Gasteiger partial charge in [-0.3, -0.25) is 0 Å². The maximum absolute atomic E-state index is 5.76. The number of hydrogen-bond acceptors (Lipinski definition) is 2. The highest BCUT2D eigenvalue weighted by atomic mass is 79.9. The molecule has 100 valence electrons. The molecule has 0 aliphatic rings. The standard InChI is InChI=1S/C15H22BrNO/c1-11(2)10-18-14-7-6-13(16)8-12(14)9-17-15(3,4)5/h6-8,17H,1,9-10H2,2-5H3. The van der Waals surface area contributed by atoms with E-state index in [1.54, 1.807) is 0 Å². The summed E-state index contributed by atoms with van der Waals surface area (Å²) in [7, 11) is 0. The Morgan fingerprint density at radius 2 is 2.06 bits per heavy atom. The molecule has 0 spiro atoms. The monoisotopic (exact) mass is 311 g/mol. The molecule has 0 unspecified atom stereocenters. The summed E-state index contributed by atoms with van der Waals surface area (Å²) in [6.45, 7) is 13.6. The lowest BCUT2D eigenvalue weighted by Crippen LogP contribution is -2.35. The first-order chi connectivity index (χ1) is 8.28. The first-order valence-corrected chi connectivity index (χ1v) is 6.88. The second-order valence-corrected chi connectivity index (χ2v) is 6.52. The Kier molecular flexibility index (Phi) is 5.42. The molecular weight excluding hydrogens is 290 g/mol. The quantitative estimate of drug-likeness (QED) is 0.819. The molecule has 2 nitrogen and oxygen atoms in total. The first-order valence-electron chi connectivity index (χ1n) is 6.08. The van der Waals surface area contributed by atoms with E-state index in [-0.39, 0.29) is 5.54 Å². The number of ether oxygens (including phenoxy) is 1. The van der Waals surface area contributed by atoms with E-state index in [2.05, 4.69) is 54.7 Å². The number of nitrogens with one attached hydrogen (secondary N) is 1. The van der Waals surface area contributed by atoms with Gasteiger partial charge < -0.3 is 10.1 Å². The van der Waals surface area contributed by atoms with Crippen molar-refractivity contribution >= 4 is 15.9 Å². The molecular formula is C15H22BrNO. The fraction of sp³-hybridized carbons (Fsp3) is 0.467. The molecule has 0 radical (unpaired) electrons. The molecule has 0 saturated heterocycles. The topological polar surface area (TPSA) is 21.3 Å². The molecule has 0 atom stereocenters. The molecule has 1 aromatic carbocycles. The number of hydrogen-bond donors (Lipinski definition) is 1. The highest BCUT2D eigenvalue weighted by Crippen LogP contribution is 2.24. The van der Waals surface area contributed by atoms with Crippen LogP contribution in [0.3, 0.4) is 0 Å². The molecule has 0 saturated carbocycles. The summed E-state index contributed by atoms with van der Waals surface area (Å²) in [6.07, 6.45) is 0. The minimum absolute atomic E-state index is 0.0912. The van der Waals surface area contributed by atoms with Crippen LogP contribution >= 0.6 is 15.9 Å². The summed E-state index contributed by atoms with van der Waals surface area (Å²) in [6, 6.07) is 6.08. The number of halogens is 1. The van der Waals surface area contributed by atoms with Crippen LogP contribution in [0.25, 0.3) is 0 Å². The van der Waals surface area contributed by atoms with E-state index in [1.807, 2.05) is 19.1 Å². The molecule has 0 fully saturated rings. The van der Waals surface area contributed by atoms with E-state index in [9.17, 15) is 0 Å². The molecule has 1 rings (SSSR count). The van der Waals surface area contributed by atoms with E-state index >= 15 is 0 Å². The van der Waals surface area contributed by atoms with Crippen LogP contribution in [0.5, 0.6) is 5.75 Å². The number of benzene rings is 1. The van der Waals surface area contributed by atoms with Crippen molar-refractivity contribution in [3.63, 3.8) is 0 Å². The van der Waals surface area contributed by atoms with Gasteiger partial charge in [0.2, 0.25) is 0 Å². The molecule has 3 heteroatoms. The van der Waals surface area contributed by atoms with Crippen molar-refractivity contribution in [2.45, 2.75) is 39.8 Å². The summed E-state index contributed by atoms with van der Waals surface area (Å²) in [4.78, 5) is 0. The summed E-state index contributed by atoms with van der Waals surface area (Å²) >= 11 is 3.50. The van der Waals surface area contributed by atoms with E-state index in [4.69, 9.17) is 4.74 Å². The van der Waals surface area contributed by atoms with Crippen molar-refractivity contribution in [2.24, 2.45) is 0 Å². The van der Waals surface area contributed by atoms with Gasteiger partial charge in [-0.25, -0.2) is 0 Å². The minimum Gasteiger partial charge on any atom is -0.489 e. The third-order valence-electron chi connectivity index (χ3n) is 2.31. The lowest BCUT2D eigenvalue weighted by atomic mass is 10.1. The van der Waals surface area contributed by atoms with Gasteiger partial charge >= 0.3 is 0 Å². The normalized spacial score (nSPS) is 11.4. The molecule has 0 bridgehead atoms. The van der Waals surface area contributed by atoms with Crippen molar-refractivity contribution in [3.05, 3.63) is 40.4 Å². The zero-order valence-corrected chi connectivity index (χ0v) is 13.2. The summed E-state index contributed by atoms with van der Waals surface area (Å²) in [5, 5.41) is 3.47. The fourth-order valence-corrected chi connectivity index (χ4v) is 1.80. The third kappa shape index (κ3) is 5.69. The molecule has 18 heavy (non-hydrogen) atoms. The SMILES string of the molecule is C=C(C)COc1ccc(Br)cc1CNC(C)(C)C. The minimum atomic E-state index is 0.0912. The maximum Gasteiger partial charge on any atom is 0.124 e. The molecule has 0 amide bonds. The highest BCUT2D eigenvalue weighted by Gasteiger charge is 2.11. The Morgan fingerprint density at radius 1 is 1.39 bits per heavy atom. The first kappa shape index (κ1) is 15.3. The van der Waals surface area contributed by atoms with Gasteiger partial charge in [0.25, 0.3) is 0 Å². The van der Waals surface area contributed by atoms with Crippen LogP contribution in [0.4, 0.5) is 0 Å². The summed E-state index contributed by atoms with van der Waals surface area (Å²) in [5.74, 6) is 0.915. The second kappa shape index (κ2) is 6.39. The number of rotatable bonds is 5. The van der Waals surface area contributed by atoms with Gasteiger partial charge in [-0.2, -0.15) is 0 Å². The van der Waals surface area contributed by atoms with Crippen molar-refractivity contribution in [1.82, 2.24) is 5.32 Å². The van der Waals surface area contributed by atoms with Crippen LogP contribution in [0, 0.1) is 0 Å². The maximum atomic E-state index is 5.76. The molecule has 0 heterocycles. The highest BCUT2D eigenvalue weighted by molar-refractivity contribution is 9.10. The summed E-state index contributed by atoms with van der Waals surface area (Å²) in [5.41, 5.74) is 2.27. The molecule has 0 aliphatic carbocycles. The largest absolute Gasteiger partial charge is 0.489 e. The lowest BCUT2D eigenvalue weighted by Gasteiger charge is -2.22. The molecule has 1 aromatic rings. The van der Waals surface area contributed by atoms with Gasteiger partial charge in [-0.15, -0.1) is 0 Å². The van der Waals surface area contributed by atoms with Gasteiger partial charge in [0, 0.05) is 22.1 Å². The second-order valence-electron chi connectivity index (χ2n) is 5.60. The van der Waals surface area contributed by atoms with Crippen LogP contribution in [0.1, 0.15) is 33.3 Å². The molecule has 0 aromatic heterocycles. The Balaban J connectivity index is 2.79. The van der Waals surface area contributed by atoms with Crippen molar-refractivity contribution in [3.8, 4) is 5.75 Å². The Morgan fingerprint density at radius 3 is 2.61 bits per heavy atom. The van der Waals surface area contributed by atoms with E-state index in [0.717, 1.165) is 27.9 Å². The average Bonchev–Trinajstić information content (AvgIpc) is 2.23. The third-order valence-corrected chi connectivity index (χ3v) is 2.80. The predicted octanol–water partition coefficient (Wildman–Crippen LogP) is 4.29. The van der Waals surface area contributed by atoms with E-state index in [1.165, 1.54) is 0 Å².